The molecule has 0 aromatic rings. The lowest BCUT2D eigenvalue weighted by atomic mass is 9.70. The maximum absolute atomic E-state index is 12.3. The van der Waals surface area contributed by atoms with Crippen molar-refractivity contribution in [2.45, 2.75) is 65.2 Å². The van der Waals surface area contributed by atoms with Gasteiger partial charge in [0.2, 0.25) is 11.8 Å². The zero-order valence-corrected chi connectivity index (χ0v) is 13.0. The predicted octanol–water partition coefficient (Wildman–Crippen LogP) is 2.59. The van der Waals surface area contributed by atoms with E-state index >= 15 is 0 Å². The van der Waals surface area contributed by atoms with Crippen LogP contribution in [0.25, 0.3) is 0 Å². The first kappa shape index (κ1) is 16.0. The van der Waals surface area contributed by atoms with Crippen molar-refractivity contribution in [1.82, 2.24) is 4.90 Å². The molecule has 1 N–H and O–H groups in total. The van der Waals surface area contributed by atoms with Crippen LogP contribution in [-0.4, -0.2) is 34.3 Å². The van der Waals surface area contributed by atoms with Gasteiger partial charge in [0.15, 0.2) is 0 Å². The summed E-state index contributed by atoms with van der Waals surface area (Å²) in [5.41, 5.74) is -0.700. The minimum atomic E-state index is -0.839. The summed E-state index contributed by atoms with van der Waals surface area (Å²) in [6.07, 6.45) is 5.43. The number of hydrogen-bond donors (Lipinski definition) is 1. The number of carboxylic acids is 1. The second-order valence-corrected chi connectivity index (χ2v) is 7.52. The fourth-order valence-corrected chi connectivity index (χ4v) is 3.74. The van der Waals surface area contributed by atoms with Crippen molar-refractivity contribution in [2.24, 2.45) is 10.8 Å². The quantitative estimate of drug-likeness (QED) is 0.809. The number of likely N-dealkylation sites (tertiary alicyclic amines) is 1. The maximum atomic E-state index is 12.3. The van der Waals surface area contributed by atoms with Gasteiger partial charge in [0, 0.05) is 19.4 Å². The molecule has 0 spiro atoms. The van der Waals surface area contributed by atoms with E-state index in [1.165, 1.54) is 4.90 Å². The second kappa shape index (κ2) is 5.78. The highest BCUT2D eigenvalue weighted by atomic mass is 16.4. The molecule has 21 heavy (non-hydrogen) atoms. The molecule has 1 aliphatic heterocycles. The van der Waals surface area contributed by atoms with Crippen LogP contribution in [0.4, 0.5) is 0 Å². The molecule has 118 valence electrons. The smallest absolute Gasteiger partial charge is 0.303 e. The number of carbonyl (C=O) groups is 3. The number of hydrogen-bond acceptors (Lipinski definition) is 3. The molecule has 2 fully saturated rings. The van der Waals surface area contributed by atoms with Gasteiger partial charge in [-0.15, -0.1) is 0 Å². The fourth-order valence-electron chi connectivity index (χ4n) is 3.74. The SMILES string of the molecule is CC1(C)CC(=O)N(CC2(CC(=O)O)CCCCC2)C(=O)C1. The topological polar surface area (TPSA) is 74.7 Å². The minimum Gasteiger partial charge on any atom is -0.481 e. The van der Waals surface area contributed by atoms with Crippen LogP contribution in [0.2, 0.25) is 0 Å². The first-order valence-electron chi connectivity index (χ1n) is 7.78. The van der Waals surface area contributed by atoms with Gasteiger partial charge >= 0.3 is 5.97 Å². The lowest BCUT2D eigenvalue weighted by molar-refractivity contribution is -0.157. The number of aliphatic carboxylic acids is 1. The second-order valence-electron chi connectivity index (χ2n) is 7.52. The largest absolute Gasteiger partial charge is 0.481 e. The van der Waals surface area contributed by atoms with Gasteiger partial charge in [-0.1, -0.05) is 33.1 Å². The molecule has 0 radical (unpaired) electrons. The number of carbonyl (C=O) groups excluding carboxylic acids is 2. The Bertz CT molecular complexity index is 429. The molecule has 2 amide bonds. The van der Waals surface area contributed by atoms with Gasteiger partial charge < -0.3 is 5.11 Å². The van der Waals surface area contributed by atoms with Crippen molar-refractivity contribution < 1.29 is 19.5 Å². The summed E-state index contributed by atoms with van der Waals surface area (Å²) in [6, 6.07) is 0. The van der Waals surface area contributed by atoms with Gasteiger partial charge in [-0.25, -0.2) is 0 Å². The van der Waals surface area contributed by atoms with Crippen molar-refractivity contribution in [3.8, 4) is 0 Å². The zero-order chi connectivity index (χ0) is 15.7. The minimum absolute atomic E-state index is 0.0491. The van der Waals surface area contributed by atoms with Crippen molar-refractivity contribution in [1.29, 1.82) is 0 Å². The number of imide groups is 1. The predicted molar refractivity (Wildman–Crippen MR) is 77.5 cm³/mol. The van der Waals surface area contributed by atoms with Gasteiger partial charge in [-0.3, -0.25) is 19.3 Å². The van der Waals surface area contributed by atoms with Crippen LogP contribution in [0.5, 0.6) is 0 Å². The van der Waals surface area contributed by atoms with Crippen LogP contribution in [0.3, 0.4) is 0 Å². The average molecular weight is 295 g/mol. The molecule has 2 aliphatic rings. The molecule has 1 saturated heterocycles. The van der Waals surface area contributed by atoms with E-state index in [0.29, 0.717) is 12.8 Å². The first-order chi connectivity index (χ1) is 9.73. The van der Waals surface area contributed by atoms with E-state index in [2.05, 4.69) is 0 Å². The van der Waals surface area contributed by atoms with Crippen LogP contribution < -0.4 is 0 Å². The molecule has 0 bridgehead atoms. The molecule has 0 aromatic heterocycles. The van der Waals surface area contributed by atoms with E-state index in [-0.39, 0.29) is 30.2 Å². The van der Waals surface area contributed by atoms with E-state index in [1.54, 1.807) is 0 Å². The molecule has 0 aromatic carbocycles. The van der Waals surface area contributed by atoms with Crippen LogP contribution in [0.1, 0.15) is 65.2 Å². The summed E-state index contributed by atoms with van der Waals surface area (Å²) in [5, 5.41) is 9.19. The Morgan fingerprint density at radius 3 is 2.10 bits per heavy atom. The van der Waals surface area contributed by atoms with Crippen LogP contribution in [0.15, 0.2) is 0 Å². The van der Waals surface area contributed by atoms with Gasteiger partial charge in [0.05, 0.1) is 6.42 Å². The average Bonchev–Trinajstić information content (AvgIpc) is 2.33. The summed E-state index contributed by atoms with van der Waals surface area (Å²) in [7, 11) is 0. The maximum Gasteiger partial charge on any atom is 0.303 e. The fraction of sp³-hybridized carbons (Fsp3) is 0.812. The number of amides is 2. The van der Waals surface area contributed by atoms with E-state index in [4.69, 9.17) is 0 Å². The Hall–Kier alpha value is -1.39. The third kappa shape index (κ3) is 3.83. The molecule has 1 aliphatic carbocycles. The van der Waals surface area contributed by atoms with Gasteiger partial charge in [0.25, 0.3) is 0 Å². The number of nitrogens with zero attached hydrogens (tertiary/aromatic N) is 1. The number of piperidine rings is 1. The van der Waals surface area contributed by atoms with Crippen LogP contribution in [-0.2, 0) is 14.4 Å². The zero-order valence-electron chi connectivity index (χ0n) is 13.0. The summed E-state index contributed by atoms with van der Waals surface area (Å²) < 4.78 is 0. The lowest BCUT2D eigenvalue weighted by Crippen LogP contribution is -2.51. The standard InChI is InChI=1S/C16H25NO4/c1-15(2)8-12(18)17(13(19)9-15)11-16(10-14(20)21)6-4-3-5-7-16/h3-11H2,1-2H3,(H,20,21). The molecule has 1 saturated carbocycles. The highest BCUT2D eigenvalue weighted by molar-refractivity contribution is 5.98. The Kier molecular flexibility index (Phi) is 4.40. The van der Waals surface area contributed by atoms with Crippen molar-refractivity contribution in [3.63, 3.8) is 0 Å². The van der Waals surface area contributed by atoms with Gasteiger partial charge in [-0.2, -0.15) is 0 Å². The monoisotopic (exact) mass is 295 g/mol. The number of carboxylic acid groups (broad SMARTS) is 1. The van der Waals surface area contributed by atoms with Gasteiger partial charge in [-0.05, 0) is 23.7 Å². The third-order valence-electron chi connectivity index (χ3n) is 4.80. The van der Waals surface area contributed by atoms with E-state index in [0.717, 1.165) is 32.1 Å². The van der Waals surface area contributed by atoms with Crippen LogP contribution >= 0.6 is 0 Å². The molecular formula is C16H25NO4. The lowest BCUT2D eigenvalue weighted by Gasteiger charge is -2.42. The van der Waals surface area contributed by atoms with Crippen molar-refractivity contribution in [3.05, 3.63) is 0 Å². The first-order valence-corrected chi connectivity index (χ1v) is 7.78. The Labute approximate surface area is 125 Å². The van der Waals surface area contributed by atoms with E-state index < -0.39 is 11.4 Å². The molecule has 0 unspecified atom stereocenters. The molecular weight excluding hydrogens is 270 g/mol. The van der Waals surface area contributed by atoms with Gasteiger partial charge in [0.1, 0.15) is 0 Å². The van der Waals surface area contributed by atoms with E-state index in [9.17, 15) is 19.5 Å². The summed E-state index contributed by atoms with van der Waals surface area (Å²) in [6.45, 7) is 4.13. The highest BCUT2D eigenvalue weighted by Crippen LogP contribution is 2.42. The highest BCUT2D eigenvalue weighted by Gasteiger charge is 2.43. The Morgan fingerprint density at radius 1 is 1.10 bits per heavy atom. The molecule has 1 heterocycles. The van der Waals surface area contributed by atoms with Crippen molar-refractivity contribution in [2.75, 3.05) is 6.54 Å². The number of rotatable bonds is 4. The molecule has 5 nitrogen and oxygen atoms in total. The van der Waals surface area contributed by atoms with Crippen molar-refractivity contribution >= 4 is 17.8 Å². The molecule has 0 atom stereocenters. The normalized spacial score (nSPS) is 25.0. The third-order valence-corrected chi connectivity index (χ3v) is 4.80. The van der Waals surface area contributed by atoms with Crippen LogP contribution in [0, 0.1) is 10.8 Å². The summed E-state index contributed by atoms with van der Waals surface area (Å²) in [4.78, 5) is 37.1. The van der Waals surface area contributed by atoms with E-state index in [1.807, 2.05) is 13.8 Å². The molecule has 2 rings (SSSR count). The summed E-state index contributed by atoms with van der Waals surface area (Å²) >= 11 is 0. The Morgan fingerprint density at radius 2 is 1.62 bits per heavy atom. The summed E-state index contributed by atoms with van der Waals surface area (Å²) in [5.74, 6) is -1.13. The Balaban J connectivity index is 2.14. The molecule has 5 heteroatoms.